The Balaban J connectivity index is 1.83. The second kappa shape index (κ2) is 6.50. The summed E-state index contributed by atoms with van der Waals surface area (Å²) in [6.07, 6.45) is 2.89. The summed E-state index contributed by atoms with van der Waals surface area (Å²) in [5.74, 6) is -0.698. The number of carbonyl (C=O) groups excluding carboxylic acids is 1. The second-order valence-electron chi connectivity index (χ2n) is 5.45. The van der Waals surface area contributed by atoms with Gasteiger partial charge in [0.15, 0.2) is 0 Å². The van der Waals surface area contributed by atoms with E-state index in [4.69, 9.17) is 11.6 Å². The normalized spacial score (nSPS) is 17.5. The summed E-state index contributed by atoms with van der Waals surface area (Å²) in [4.78, 5) is 31.9. The number of carbonyl (C=O) groups is 1. The van der Waals surface area contributed by atoms with Crippen LogP contribution in [-0.4, -0.2) is 27.3 Å². The Bertz CT molecular complexity index is 773. The maximum atomic E-state index is 13.9. The molecule has 2 aromatic rings. The van der Waals surface area contributed by atoms with Gasteiger partial charge in [0, 0.05) is 29.0 Å². The number of H-pyrrole nitrogens is 1. The van der Waals surface area contributed by atoms with Crippen molar-refractivity contribution in [2.45, 2.75) is 25.3 Å². The Morgan fingerprint density at radius 2 is 2.26 bits per heavy atom. The minimum Gasteiger partial charge on any atom is -0.334 e. The standard InChI is InChI=1S/C16H15ClFN3O2/c17-11-3-1-4-12(18)10(11)9-15(22)21-8-2-5-14(21)13-6-7-19-16(23)20-13/h1,3-4,6-7,14H,2,5,8-9H2,(H,19,20,23). The molecular weight excluding hydrogens is 321 g/mol. The van der Waals surface area contributed by atoms with Gasteiger partial charge in [-0.05, 0) is 31.0 Å². The van der Waals surface area contributed by atoms with Gasteiger partial charge < -0.3 is 9.88 Å². The van der Waals surface area contributed by atoms with E-state index in [-0.39, 0.29) is 29.0 Å². The van der Waals surface area contributed by atoms with Crippen LogP contribution in [0.15, 0.2) is 35.3 Å². The highest BCUT2D eigenvalue weighted by Crippen LogP contribution is 2.31. The van der Waals surface area contributed by atoms with E-state index in [0.29, 0.717) is 12.2 Å². The van der Waals surface area contributed by atoms with Crippen molar-refractivity contribution in [3.8, 4) is 0 Å². The molecule has 0 spiro atoms. The number of halogens is 2. The zero-order valence-electron chi connectivity index (χ0n) is 12.3. The maximum Gasteiger partial charge on any atom is 0.345 e. The fraction of sp³-hybridized carbons (Fsp3) is 0.312. The highest BCUT2D eigenvalue weighted by atomic mass is 35.5. The minimum atomic E-state index is -0.487. The summed E-state index contributed by atoms with van der Waals surface area (Å²) in [6, 6.07) is 5.83. The lowest BCUT2D eigenvalue weighted by Crippen LogP contribution is -2.33. The van der Waals surface area contributed by atoms with E-state index in [1.165, 1.54) is 18.3 Å². The van der Waals surface area contributed by atoms with E-state index in [0.717, 1.165) is 12.8 Å². The van der Waals surface area contributed by atoms with Crippen molar-refractivity contribution in [2.24, 2.45) is 0 Å². The van der Waals surface area contributed by atoms with Crippen LogP contribution in [0.2, 0.25) is 5.02 Å². The number of aromatic amines is 1. The van der Waals surface area contributed by atoms with Crippen LogP contribution in [0.3, 0.4) is 0 Å². The molecule has 7 heteroatoms. The Morgan fingerprint density at radius 1 is 1.43 bits per heavy atom. The smallest absolute Gasteiger partial charge is 0.334 e. The molecule has 5 nitrogen and oxygen atoms in total. The van der Waals surface area contributed by atoms with Crippen molar-refractivity contribution >= 4 is 17.5 Å². The largest absolute Gasteiger partial charge is 0.345 e. The maximum absolute atomic E-state index is 13.9. The van der Waals surface area contributed by atoms with Crippen molar-refractivity contribution in [3.05, 3.63) is 63.0 Å². The fourth-order valence-electron chi connectivity index (χ4n) is 2.92. The molecule has 23 heavy (non-hydrogen) atoms. The van der Waals surface area contributed by atoms with Crippen LogP contribution in [0.5, 0.6) is 0 Å². The van der Waals surface area contributed by atoms with Gasteiger partial charge in [-0.15, -0.1) is 0 Å². The molecule has 1 aromatic carbocycles. The molecule has 2 heterocycles. The highest BCUT2D eigenvalue weighted by molar-refractivity contribution is 6.31. The Kier molecular flexibility index (Phi) is 4.43. The quantitative estimate of drug-likeness (QED) is 0.937. The summed E-state index contributed by atoms with van der Waals surface area (Å²) in [7, 11) is 0. The molecule has 120 valence electrons. The number of hydrogen-bond donors (Lipinski definition) is 1. The van der Waals surface area contributed by atoms with E-state index >= 15 is 0 Å². The average molecular weight is 336 g/mol. The summed E-state index contributed by atoms with van der Waals surface area (Å²) in [5, 5.41) is 0.242. The topological polar surface area (TPSA) is 66.1 Å². The van der Waals surface area contributed by atoms with E-state index in [2.05, 4.69) is 9.97 Å². The molecule has 1 saturated heterocycles. The molecule has 1 amide bonds. The minimum absolute atomic E-state index is 0.0999. The zero-order valence-corrected chi connectivity index (χ0v) is 13.0. The van der Waals surface area contributed by atoms with Gasteiger partial charge in [-0.1, -0.05) is 17.7 Å². The SMILES string of the molecule is O=C(Cc1c(F)cccc1Cl)N1CCCC1c1ccnc(=O)[nH]1. The number of nitrogens with zero attached hydrogens (tertiary/aromatic N) is 2. The van der Waals surface area contributed by atoms with Crippen molar-refractivity contribution in [1.29, 1.82) is 0 Å². The van der Waals surface area contributed by atoms with Crippen LogP contribution in [0.1, 0.15) is 30.1 Å². The van der Waals surface area contributed by atoms with Crippen molar-refractivity contribution in [3.63, 3.8) is 0 Å². The molecule has 1 unspecified atom stereocenters. The van der Waals surface area contributed by atoms with Crippen LogP contribution in [-0.2, 0) is 11.2 Å². The lowest BCUT2D eigenvalue weighted by molar-refractivity contribution is -0.131. The molecule has 1 aliphatic rings. The van der Waals surface area contributed by atoms with Gasteiger partial charge in [0.1, 0.15) is 5.82 Å². The van der Waals surface area contributed by atoms with Crippen molar-refractivity contribution < 1.29 is 9.18 Å². The predicted octanol–water partition coefficient (Wildman–Crippen LogP) is 2.47. The first-order valence-electron chi connectivity index (χ1n) is 7.34. The third-order valence-corrected chi connectivity index (χ3v) is 4.37. The molecule has 1 atom stereocenters. The van der Waals surface area contributed by atoms with Gasteiger partial charge in [0.05, 0.1) is 12.5 Å². The first-order valence-corrected chi connectivity index (χ1v) is 7.71. The number of likely N-dealkylation sites (tertiary alicyclic amines) is 1. The van der Waals surface area contributed by atoms with Crippen LogP contribution < -0.4 is 5.69 Å². The molecule has 0 aliphatic carbocycles. The van der Waals surface area contributed by atoms with Crippen LogP contribution in [0, 0.1) is 5.82 Å². The number of hydrogen-bond acceptors (Lipinski definition) is 3. The van der Waals surface area contributed by atoms with Gasteiger partial charge >= 0.3 is 5.69 Å². The van der Waals surface area contributed by atoms with Crippen molar-refractivity contribution in [2.75, 3.05) is 6.54 Å². The first-order chi connectivity index (χ1) is 11.1. The van der Waals surface area contributed by atoms with E-state index < -0.39 is 11.5 Å². The monoisotopic (exact) mass is 335 g/mol. The van der Waals surface area contributed by atoms with E-state index in [1.54, 1.807) is 17.0 Å². The van der Waals surface area contributed by atoms with Crippen LogP contribution in [0.4, 0.5) is 4.39 Å². The Morgan fingerprint density at radius 3 is 3.00 bits per heavy atom. The Labute approximate surface area is 137 Å². The van der Waals surface area contributed by atoms with Gasteiger partial charge in [-0.3, -0.25) is 4.79 Å². The fourth-order valence-corrected chi connectivity index (χ4v) is 3.15. The van der Waals surface area contributed by atoms with Gasteiger partial charge in [-0.25, -0.2) is 14.2 Å². The molecule has 0 saturated carbocycles. The number of benzene rings is 1. The zero-order chi connectivity index (χ0) is 16.4. The number of rotatable bonds is 3. The molecule has 1 aliphatic heterocycles. The average Bonchev–Trinajstić information content (AvgIpc) is 3.00. The highest BCUT2D eigenvalue weighted by Gasteiger charge is 2.31. The summed E-state index contributed by atoms with van der Waals surface area (Å²) in [6.45, 7) is 0.569. The van der Waals surface area contributed by atoms with Gasteiger partial charge in [-0.2, -0.15) is 0 Å². The molecule has 3 rings (SSSR count). The molecule has 1 aromatic heterocycles. The summed E-state index contributed by atoms with van der Waals surface area (Å²) in [5.41, 5.74) is 0.405. The number of nitrogens with one attached hydrogen (secondary N) is 1. The second-order valence-corrected chi connectivity index (χ2v) is 5.86. The lowest BCUT2D eigenvalue weighted by Gasteiger charge is -2.25. The third kappa shape index (κ3) is 3.27. The lowest BCUT2D eigenvalue weighted by atomic mass is 10.1. The number of aromatic nitrogens is 2. The molecule has 0 radical (unpaired) electrons. The number of amides is 1. The molecule has 1 fully saturated rings. The third-order valence-electron chi connectivity index (χ3n) is 4.02. The Hall–Kier alpha value is -2.21. The predicted molar refractivity (Wildman–Crippen MR) is 83.7 cm³/mol. The molecule has 0 bridgehead atoms. The van der Waals surface area contributed by atoms with Gasteiger partial charge in [0.25, 0.3) is 0 Å². The first kappa shape index (κ1) is 15.7. The van der Waals surface area contributed by atoms with Crippen LogP contribution >= 0.6 is 11.6 Å². The molecular formula is C16H15ClFN3O2. The van der Waals surface area contributed by atoms with Gasteiger partial charge in [0.2, 0.25) is 5.91 Å². The van der Waals surface area contributed by atoms with E-state index in [9.17, 15) is 14.0 Å². The van der Waals surface area contributed by atoms with Crippen molar-refractivity contribution in [1.82, 2.24) is 14.9 Å². The molecule has 1 N–H and O–H groups in total. The summed E-state index contributed by atoms with van der Waals surface area (Å²) >= 11 is 5.99. The van der Waals surface area contributed by atoms with E-state index in [1.807, 2.05) is 0 Å². The van der Waals surface area contributed by atoms with Crippen LogP contribution in [0.25, 0.3) is 0 Å². The summed E-state index contributed by atoms with van der Waals surface area (Å²) < 4.78 is 13.9.